The van der Waals surface area contributed by atoms with E-state index in [1.54, 1.807) is 0 Å². The average molecular weight is 567 g/mol. The molecule has 4 unspecified atom stereocenters. The van der Waals surface area contributed by atoms with Crippen molar-refractivity contribution in [1.82, 2.24) is 0 Å². The zero-order chi connectivity index (χ0) is 29.4. The first-order chi connectivity index (χ1) is 19.2. The molecule has 0 radical (unpaired) electrons. The molecule has 0 aliphatic heterocycles. The molecule has 0 bridgehead atoms. The molecule has 0 spiro atoms. The van der Waals surface area contributed by atoms with Gasteiger partial charge in [0.1, 0.15) is 24.4 Å². The smallest absolute Gasteiger partial charge is 0.309 e. The zero-order valence-corrected chi connectivity index (χ0v) is 26.9. The molecule has 234 valence electrons. The Hall–Kier alpha value is -1.14. The summed E-state index contributed by atoms with van der Waals surface area (Å²) in [5, 5.41) is 0. The Morgan fingerprint density at radius 1 is 0.625 bits per heavy atom. The predicted molar refractivity (Wildman–Crippen MR) is 161 cm³/mol. The minimum Gasteiger partial charge on any atom is -0.462 e. The Kier molecular flexibility index (Phi) is 16.1. The molecule has 0 aromatic rings. The Morgan fingerprint density at radius 2 is 0.975 bits per heavy atom. The highest BCUT2D eigenvalue weighted by Gasteiger charge is 2.45. The second-order valence-electron chi connectivity index (χ2n) is 13.2. The van der Waals surface area contributed by atoms with Gasteiger partial charge in [-0.2, -0.15) is 0 Å². The number of unbranched alkanes of at least 4 members (excludes halogenated alkanes) is 2. The number of hydrogen-bond donors (Lipinski definition) is 0. The Balaban J connectivity index is 2.16. The van der Waals surface area contributed by atoms with Crippen molar-refractivity contribution in [3.63, 3.8) is 0 Å². The topological polar surface area (TPSA) is 71.1 Å². The molecule has 0 heterocycles. The number of carbonyl (C=O) groups excluding carboxylic acids is 2. The van der Waals surface area contributed by atoms with Crippen molar-refractivity contribution in [3.05, 3.63) is 0 Å². The van der Waals surface area contributed by atoms with Crippen LogP contribution in [0.25, 0.3) is 0 Å². The van der Waals surface area contributed by atoms with Crippen molar-refractivity contribution in [2.75, 3.05) is 13.2 Å². The molecule has 6 nitrogen and oxygen atoms in total. The number of hydrogen-bond acceptors (Lipinski definition) is 6. The molecule has 40 heavy (non-hydrogen) atoms. The van der Waals surface area contributed by atoms with Crippen molar-refractivity contribution in [2.24, 2.45) is 23.7 Å². The summed E-state index contributed by atoms with van der Waals surface area (Å²) in [7, 11) is 0. The third-order valence-corrected chi connectivity index (χ3v) is 9.83. The SMILES string of the molecule is CCCCC(CC)C(=O)OCC(C)(OOC(C)(COC(=O)C(CC)CCCC)C1CCCCC1)C1CCCCC1. The van der Waals surface area contributed by atoms with Crippen LogP contribution < -0.4 is 0 Å². The zero-order valence-electron chi connectivity index (χ0n) is 26.9. The first kappa shape index (κ1) is 35.1. The predicted octanol–water partition coefficient (Wildman–Crippen LogP) is 9.13. The van der Waals surface area contributed by atoms with Gasteiger partial charge in [0.15, 0.2) is 0 Å². The summed E-state index contributed by atoms with van der Waals surface area (Å²) >= 11 is 0. The van der Waals surface area contributed by atoms with Gasteiger partial charge in [0, 0.05) is 0 Å². The highest BCUT2D eigenvalue weighted by Crippen LogP contribution is 2.40. The van der Waals surface area contributed by atoms with E-state index in [9.17, 15) is 9.59 Å². The van der Waals surface area contributed by atoms with Crippen LogP contribution in [0, 0.1) is 23.7 Å². The fourth-order valence-corrected chi connectivity index (χ4v) is 6.58. The molecule has 0 amide bonds. The Labute approximate surface area is 245 Å². The number of rotatable bonds is 19. The molecule has 4 atom stereocenters. The molecule has 2 saturated carbocycles. The summed E-state index contributed by atoms with van der Waals surface area (Å²) in [6, 6.07) is 0. The molecular weight excluding hydrogens is 504 g/mol. The van der Waals surface area contributed by atoms with Crippen LogP contribution in [0.4, 0.5) is 0 Å². The van der Waals surface area contributed by atoms with Gasteiger partial charge in [-0.05, 0) is 77.0 Å². The van der Waals surface area contributed by atoms with E-state index >= 15 is 0 Å². The molecule has 2 rings (SSSR count). The minimum atomic E-state index is -0.744. The maximum absolute atomic E-state index is 13.0. The van der Waals surface area contributed by atoms with Crippen LogP contribution >= 0.6 is 0 Å². The van der Waals surface area contributed by atoms with E-state index in [1.165, 1.54) is 12.8 Å². The van der Waals surface area contributed by atoms with Gasteiger partial charge in [-0.3, -0.25) is 9.59 Å². The van der Waals surface area contributed by atoms with Crippen molar-refractivity contribution in [1.29, 1.82) is 0 Å². The van der Waals surface area contributed by atoms with Gasteiger partial charge in [0.25, 0.3) is 0 Å². The van der Waals surface area contributed by atoms with Gasteiger partial charge in [-0.1, -0.05) is 91.9 Å². The minimum absolute atomic E-state index is 0.0670. The van der Waals surface area contributed by atoms with E-state index < -0.39 is 11.2 Å². The standard InChI is InChI=1S/C34H62O6/c1-7-11-19-27(9-3)31(35)37-25-33(5,29-21-15-13-16-22-29)39-40-34(6,30-23-17-14-18-24-30)26-38-32(36)28(10-4)20-12-8-2/h27-30H,7-26H2,1-6H3. The van der Waals surface area contributed by atoms with E-state index in [0.29, 0.717) is 0 Å². The quantitative estimate of drug-likeness (QED) is 0.0882. The van der Waals surface area contributed by atoms with Crippen LogP contribution in [0.5, 0.6) is 0 Å². The summed E-state index contributed by atoms with van der Waals surface area (Å²) < 4.78 is 11.9. The lowest BCUT2D eigenvalue weighted by Gasteiger charge is -2.43. The summed E-state index contributed by atoms with van der Waals surface area (Å²) in [6.07, 6.45) is 18.7. The Morgan fingerprint density at radius 3 is 1.27 bits per heavy atom. The maximum atomic E-state index is 13.0. The number of esters is 2. The molecule has 0 N–H and O–H groups in total. The lowest BCUT2D eigenvalue weighted by Crippen LogP contribution is -2.50. The fourth-order valence-electron chi connectivity index (χ4n) is 6.58. The largest absolute Gasteiger partial charge is 0.462 e. The van der Waals surface area contributed by atoms with E-state index in [-0.39, 0.29) is 48.8 Å². The first-order valence-corrected chi connectivity index (χ1v) is 16.9. The van der Waals surface area contributed by atoms with Gasteiger partial charge >= 0.3 is 11.9 Å². The molecule has 0 aromatic carbocycles. The van der Waals surface area contributed by atoms with Crippen LogP contribution in [0.3, 0.4) is 0 Å². The fraction of sp³-hybridized carbons (Fsp3) is 0.941. The van der Waals surface area contributed by atoms with Crippen LogP contribution in [-0.2, 0) is 28.8 Å². The molecule has 0 saturated heterocycles. The van der Waals surface area contributed by atoms with Crippen LogP contribution in [0.1, 0.15) is 157 Å². The third-order valence-electron chi connectivity index (χ3n) is 9.83. The number of ether oxygens (including phenoxy) is 2. The molecule has 0 aromatic heterocycles. The van der Waals surface area contributed by atoms with Gasteiger partial charge in [-0.15, -0.1) is 0 Å². The average Bonchev–Trinajstić information content (AvgIpc) is 2.99. The first-order valence-electron chi connectivity index (χ1n) is 16.9. The molecule has 2 fully saturated rings. The van der Waals surface area contributed by atoms with Gasteiger partial charge in [-0.25, -0.2) is 9.78 Å². The van der Waals surface area contributed by atoms with E-state index in [1.807, 2.05) is 0 Å². The van der Waals surface area contributed by atoms with Crippen molar-refractivity contribution in [2.45, 2.75) is 168 Å². The van der Waals surface area contributed by atoms with Crippen molar-refractivity contribution < 1.29 is 28.8 Å². The van der Waals surface area contributed by atoms with Crippen molar-refractivity contribution in [3.8, 4) is 0 Å². The normalized spacial score (nSPS) is 21.6. The Bertz CT molecular complexity index is 653. The summed E-state index contributed by atoms with van der Waals surface area (Å²) in [4.78, 5) is 38.9. The van der Waals surface area contributed by atoms with E-state index in [0.717, 1.165) is 103 Å². The third kappa shape index (κ3) is 10.9. The highest BCUT2D eigenvalue weighted by atomic mass is 17.2. The lowest BCUT2D eigenvalue weighted by molar-refractivity contribution is -0.434. The lowest BCUT2D eigenvalue weighted by atomic mass is 9.77. The van der Waals surface area contributed by atoms with E-state index in [4.69, 9.17) is 19.2 Å². The van der Waals surface area contributed by atoms with Crippen LogP contribution in [0.2, 0.25) is 0 Å². The van der Waals surface area contributed by atoms with Gasteiger partial charge in [0.05, 0.1) is 11.8 Å². The second kappa shape index (κ2) is 18.4. The van der Waals surface area contributed by atoms with Crippen molar-refractivity contribution >= 4 is 11.9 Å². The highest BCUT2D eigenvalue weighted by molar-refractivity contribution is 5.72. The van der Waals surface area contributed by atoms with Gasteiger partial charge < -0.3 is 9.47 Å². The summed E-state index contributed by atoms with van der Waals surface area (Å²) in [5.41, 5.74) is -1.49. The molecule has 6 heteroatoms. The van der Waals surface area contributed by atoms with Gasteiger partial charge in [0.2, 0.25) is 0 Å². The van der Waals surface area contributed by atoms with E-state index in [2.05, 4.69) is 41.5 Å². The summed E-state index contributed by atoms with van der Waals surface area (Å²) in [6.45, 7) is 12.9. The van der Waals surface area contributed by atoms with Crippen LogP contribution in [-0.4, -0.2) is 36.4 Å². The number of carbonyl (C=O) groups is 2. The molecule has 2 aliphatic rings. The maximum Gasteiger partial charge on any atom is 0.309 e. The summed E-state index contributed by atoms with van der Waals surface area (Å²) in [5.74, 6) is 0.125. The second-order valence-corrected chi connectivity index (χ2v) is 13.2. The molecule has 2 aliphatic carbocycles. The molecular formula is C34H62O6. The van der Waals surface area contributed by atoms with Crippen LogP contribution in [0.15, 0.2) is 0 Å². The monoisotopic (exact) mass is 566 g/mol.